The maximum Gasteiger partial charge on any atom is 0.233 e. The summed E-state index contributed by atoms with van der Waals surface area (Å²) in [5, 5.41) is 0.733. The zero-order valence-corrected chi connectivity index (χ0v) is 19.6. The topological polar surface area (TPSA) is 75.6 Å². The van der Waals surface area contributed by atoms with E-state index in [1.54, 1.807) is 20.1 Å². The molecule has 2 aliphatic heterocycles. The van der Waals surface area contributed by atoms with Crippen LogP contribution in [0, 0.1) is 0 Å². The second-order valence-corrected chi connectivity index (χ2v) is 10.1. The monoisotopic (exact) mass is 500 g/mol. The van der Waals surface area contributed by atoms with E-state index in [9.17, 15) is 9.59 Å². The van der Waals surface area contributed by atoms with E-state index in [2.05, 4.69) is 32.0 Å². The van der Waals surface area contributed by atoms with Crippen LogP contribution in [0.4, 0.5) is 5.69 Å². The quantitative estimate of drug-likeness (QED) is 0.549. The van der Waals surface area contributed by atoms with E-state index < -0.39 is 0 Å². The lowest BCUT2D eigenvalue weighted by Crippen LogP contribution is -2.40. The highest BCUT2D eigenvalue weighted by molar-refractivity contribution is 9.10. The third-order valence-electron chi connectivity index (χ3n) is 6.17. The lowest BCUT2D eigenvalue weighted by atomic mass is 9.81. The van der Waals surface area contributed by atoms with E-state index in [0.29, 0.717) is 25.5 Å². The first-order chi connectivity index (χ1) is 14.9. The fourth-order valence-electron chi connectivity index (χ4n) is 4.61. The zero-order chi connectivity index (χ0) is 21.8. The molecule has 160 valence electrons. The van der Waals surface area contributed by atoms with Crippen molar-refractivity contribution >= 4 is 55.1 Å². The summed E-state index contributed by atoms with van der Waals surface area (Å²) >= 11 is 4.99. The van der Waals surface area contributed by atoms with Crippen molar-refractivity contribution < 1.29 is 14.3 Å². The number of methoxy groups -OCH3 is 1. The van der Waals surface area contributed by atoms with E-state index in [1.165, 1.54) is 11.3 Å². The molecule has 0 saturated carbocycles. The molecule has 0 radical (unpaired) electrons. The molecule has 1 atom stereocenters. The SMILES string of the molecule is COc1ccc2nc(CC(=O)N3CC4(CCN(C(C)=O)C4)c4cc(Br)ccc43)sc2n1. The van der Waals surface area contributed by atoms with Crippen molar-refractivity contribution in [3.05, 3.63) is 45.4 Å². The maximum atomic E-state index is 13.4. The van der Waals surface area contributed by atoms with E-state index >= 15 is 0 Å². The Morgan fingerprint density at radius 3 is 2.81 bits per heavy atom. The average Bonchev–Trinajstić information content (AvgIpc) is 3.43. The van der Waals surface area contributed by atoms with E-state index in [1.807, 2.05) is 28.0 Å². The maximum absolute atomic E-state index is 13.4. The second-order valence-electron chi connectivity index (χ2n) is 8.07. The van der Waals surface area contributed by atoms with Gasteiger partial charge in [-0.05, 0) is 36.2 Å². The molecule has 1 fully saturated rings. The molecule has 1 aromatic carbocycles. The van der Waals surface area contributed by atoms with Crippen LogP contribution >= 0.6 is 27.3 Å². The number of rotatable bonds is 3. The van der Waals surface area contributed by atoms with Crippen LogP contribution in [0.2, 0.25) is 0 Å². The van der Waals surface area contributed by atoms with E-state index in [0.717, 1.165) is 37.5 Å². The summed E-state index contributed by atoms with van der Waals surface area (Å²) in [6.07, 6.45) is 1.07. The molecule has 1 spiro atoms. The Morgan fingerprint density at radius 1 is 1.23 bits per heavy atom. The van der Waals surface area contributed by atoms with Crippen molar-refractivity contribution in [1.82, 2.24) is 14.9 Å². The Morgan fingerprint density at radius 2 is 2.06 bits per heavy atom. The van der Waals surface area contributed by atoms with Gasteiger partial charge in [-0.15, -0.1) is 0 Å². The zero-order valence-electron chi connectivity index (χ0n) is 17.2. The molecule has 7 nitrogen and oxygen atoms in total. The Kier molecular flexibility index (Phi) is 4.97. The van der Waals surface area contributed by atoms with Crippen LogP contribution in [0.3, 0.4) is 0 Å². The molecule has 2 aromatic heterocycles. The molecule has 0 aliphatic carbocycles. The van der Waals surface area contributed by atoms with Crippen LogP contribution in [-0.4, -0.2) is 53.4 Å². The first-order valence-electron chi connectivity index (χ1n) is 10.0. The Hall–Kier alpha value is -2.52. The van der Waals surface area contributed by atoms with Crippen LogP contribution in [0.25, 0.3) is 10.3 Å². The van der Waals surface area contributed by atoms with Crippen molar-refractivity contribution in [3.8, 4) is 5.88 Å². The minimum Gasteiger partial charge on any atom is -0.481 e. The highest BCUT2D eigenvalue weighted by Crippen LogP contribution is 2.47. The predicted octanol–water partition coefficient (Wildman–Crippen LogP) is 3.54. The molecule has 1 saturated heterocycles. The molecular weight excluding hydrogens is 480 g/mol. The highest BCUT2D eigenvalue weighted by atomic mass is 79.9. The van der Waals surface area contributed by atoms with Gasteiger partial charge in [0.05, 0.1) is 13.5 Å². The second kappa shape index (κ2) is 7.56. The fraction of sp³-hybridized carbons (Fsp3) is 0.364. The van der Waals surface area contributed by atoms with E-state index in [4.69, 9.17) is 4.74 Å². The number of nitrogens with zero attached hydrogens (tertiary/aromatic N) is 4. The Balaban J connectivity index is 1.44. The molecule has 9 heteroatoms. The first kappa shape index (κ1) is 20.4. The number of aromatic nitrogens is 2. The number of hydrogen-bond donors (Lipinski definition) is 0. The standard InChI is InChI=1S/C22H21BrN4O3S/c1-13(28)26-8-7-22(11-26)12-27(17-5-3-14(23)9-15(17)22)20(29)10-19-24-16-4-6-18(30-2)25-21(16)31-19/h3-6,9H,7-8,10-12H2,1-2H3. The normalized spacial score (nSPS) is 20.0. The number of carbonyl (C=O) groups excluding carboxylic acids is 2. The number of hydrogen-bond acceptors (Lipinski definition) is 6. The van der Waals surface area contributed by atoms with Crippen molar-refractivity contribution in [2.24, 2.45) is 0 Å². The Labute approximate surface area is 192 Å². The highest BCUT2D eigenvalue weighted by Gasteiger charge is 2.49. The number of thiazole rings is 1. The summed E-state index contributed by atoms with van der Waals surface area (Å²) in [5.74, 6) is 0.620. The van der Waals surface area contributed by atoms with Crippen LogP contribution < -0.4 is 9.64 Å². The first-order valence-corrected chi connectivity index (χ1v) is 11.7. The molecule has 0 bridgehead atoms. The van der Waals surface area contributed by atoms with Gasteiger partial charge in [0.15, 0.2) is 0 Å². The predicted molar refractivity (Wildman–Crippen MR) is 123 cm³/mol. The summed E-state index contributed by atoms with van der Waals surface area (Å²) in [5.41, 5.74) is 2.61. The summed E-state index contributed by atoms with van der Waals surface area (Å²) in [7, 11) is 1.58. The number of carbonyl (C=O) groups is 2. The third-order valence-corrected chi connectivity index (χ3v) is 7.63. The molecule has 1 unspecified atom stereocenters. The molecule has 4 heterocycles. The molecular formula is C22H21BrN4O3S. The Bertz CT molecular complexity index is 1210. The van der Waals surface area contributed by atoms with Crippen molar-refractivity contribution in [1.29, 1.82) is 0 Å². The van der Waals surface area contributed by atoms with E-state index in [-0.39, 0.29) is 23.7 Å². The van der Waals surface area contributed by atoms with Gasteiger partial charge in [0.2, 0.25) is 17.7 Å². The molecule has 0 N–H and O–H groups in total. The minimum absolute atomic E-state index is 0.00717. The van der Waals surface area contributed by atoms with Crippen molar-refractivity contribution in [3.63, 3.8) is 0 Å². The van der Waals surface area contributed by atoms with Gasteiger partial charge in [-0.25, -0.2) is 9.97 Å². The van der Waals surface area contributed by atoms with Crippen LogP contribution in [-0.2, 0) is 21.4 Å². The van der Waals surface area contributed by atoms with Crippen molar-refractivity contribution in [2.45, 2.75) is 25.2 Å². The van der Waals surface area contributed by atoms with Gasteiger partial charge in [0, 0.05) is 48.2 Å². The largest absolute Gasteiger partial charge is 0.481 e. The van der Waals surface area contributed by atoms with Gasteiger partial charge in [-0.3, -0.25) is 9.59 Å². The smallest absolute Gasteiger partial charge is 0.233 e. The average molecular weight is 501 g/mol. The van der Waals surface area contributed by atoms with Gasteiger partial charge >= 0.3 is 0 Å². The lowest BCUT2D eigenvalue weighted by molar-refractivity contribution is -0.127. The third kappa shape index (κ3) is 3.49. The van der Waals surface area contributed by atoms with Gasteiger partial charge in [0.25, 0.3) is 0 Å². The molecule has 31 heavy (non-hydrogen) atoms. The number of benzene rings is 1. The van der Waals surface area contributed by atoms with Gasteiger partial charge in [0.1, 0.15) is 15.4 Å². The lowest BCUT2D eigenvalue weighted by Gasteiger charge is -2.25. The van der Waals surface area contributed by atoms with Gasteiger partial charge in [-0.1, -0.05) is 27.3 Å². The number of fused-ring (bicyclic) bond motifs is 3. The minimum atomic E-state index is -0.219. The summed E-state index contributed by atoms with van der Waals surface area (Å²) in [6.45, 7) is 3.54. The summed E-state index contributed by atoms with van der Waals surface area (Å²) in [4.78, 5) is 38.8. The molecule has 2 amide bonds. The number of halogens is 1. The molecule has 3 aromatic rings. The number of anilines is 1. The van der Waals surface area contributed by atoms with Crippen LogP contribution in [0.1, 0.15) is 23.9 Å². The van der Waals surface area contributed by atoms with Crippen LogP contribution in [0.15, 0.2) is 34.8 Å². The number of likely N-dealkylation sites (tertiary alicyclic amines) is 1. The number of amides is 2. The van der Waals surface area contributed by atoms with Crippen LogP contribution in [0.5, 0.6) is 5.88 Å². The molecule has 5 rings (SSSR count). The number of pyridine rings is 1. The van der Waals surface area contributed by atoms with Crippen molar-refractivity contribution in [2.75, 3.05) is 31.6 Å². The van der Waals surface area contributed by atoms with Gasteiger partial charge < -0.3 is 14.5 Å². The summed E-state index contributed by atoms with van der Waals surface area (Å²) < 4.78 is 6.16. The molecule has 2 aliphatic rings. The summed E-state index contributed by atoms with van der Waals surface area (Å²) in [6, 6.07) is 9.68. The number of ether oxygens (including phenoxy) is 1. The van der Waals surface area contributed by atoms with Gasteiger partial charge in [-0.2, -0.15) is 0 Å². The fourth-order valence-corrected chi connectivity index (χ4v) is 5.89.